The van der Waals surface area contributed by atoms with Crippen molar-refractivity contribution in [2.45, 2.75) is 6.54 Å². The summed E-state index contributed by atoms with van der Waals surface area (Å²) in [5, 5.41) is 13.9. The zero-order valence-corrected chi connectivity index (χ0v) is 15.3. The van der Waals surface area contributed by atoms with Gasteiger partial charge in [-0.1, -0.05) is 30.3 Å². The van der Waals surface area contributed by atoms with Crippen molar-refractivity contribution in [1.82, 2.24) is 14.8 Å². The van der Waals surface area contributed by atoms with Crippen LogP contribution in [0.15, 0.2) is 47.8 Å². The van der Waals surface area contributed by atoms with Crippen LogP contribution in [-0.2, 0) is 18.4 Å². The third kappa shape index (κ3) is 3.95. The van der Waals surface area contributed by atoms with Crippen molar-refractivity contribution in [3.8, 4) is 0 Å². The van der Waals surface area contributed by atoms with Crippen LogP contribution in [0.1, 0.15) is 16.1 Å². The van der Waals surface area contributed by atoms with Gasteiger partial charge in [0.2, 0.25) is 5.91 Å². The van der Waals surface area contributed by atoms with Gasteiger partial charge in [-0.3, -0.25) is 9.59 Å². The molecule has 3 rings (SSSR count). The first-order chi connectivity index (χ1) is 12.6. The number of aliphatic hydroxyl groups is 1. The first-order valence-corrected chi connectivity index (χ1v) is 9.22. The Bertz CT molecular complexity index is 901. The number of amides is 2. The molecule has 0 aliphatic rings. The normalized spacial score (nSPS) is 10.8. The van der Waals surface area contributed by atoms with Gasteiger partial charge >= 0.3 is 0 Å². The van der Waals surface area contributed by atoms with Gasteiger partial charge in [0, 0.05) is 20.1 Å². The van der Waals surface area contributed by atoms with Crippen molar-refractivity contribution in [2.75, 3.05) is 19.7 Å². The van der Waals surface area contributed by atoms with E-state index in [2.05, 4.69) is 5.32 Å². The lowest BCUT2D eigenvalue weighted by Gasteiger charge is -2.22. The maximum Gasteiger partial charge on any atom is 0.268 e. The summed E-state index contributed by atoms with van der Waals surface area (Å²) >= 11 is 1.57. The highest BCUT2D eigenvalue weighted by Crippen LogP contribution is 2.23. The third-order valence-electron chi connectivity index (χ3n) is 4.24. The number of hydrogen-bond donors (Lipinski definition) is 2. The van der Waals surface area contributed by atoms with Crippen molar-refractivity contribution < 1.29 is 14.7 Å². The van der Waals surface area contributed by atoms with Gasteiger partial charge < -0.3 is 19.9 Å². The van der Waals surface area contributed by atoms with Gasteiger partial charge in [-0.15, -0.1) is 11.3 Å². The van der Waals surface area contributed by atoms with E-state index < -0.39 is 0 Å². The fraction of sp³-hybridized carbons (Fsp3) is 0.263. The maximum absolute atomic E-state index is 12.5. The number of carbonyl (C=O) groups is 2. The molecule has 0 aliphatic heterocycles. The minimum Gasteiger partial charge on any atom is -0.395 e. The van der Waals surface area contributed by atoms with E-state index in [1.807, 2.05) is 59.5 Å². The predicted octanol–water partition coefficient (Wildman–Crippen LogP) is 1.99. The molecule has 0 aliphatic carbocycles. The summed E-state index contributed by atoms with van der Waals surface area (Å²) in [4.78, 5) is 26.4. The van der Waals surface area contributed by atoms with Crippen molar-refractivity contribution in [2.24, 2.45) is 7.05 Å². The van der Waals surface area contributed by atoms with Crippen LogP contribution in [0.2, 0.25) is 0 Å². The van der Waals surface area contributed by atoms with Crippen LogP contribution in [0.4, 0.5) is 0 Å². The molecule has 1 aromatic carbocycles. The quantitative estimate of drug-likeness (QED) is 0.667. The van der Waals surface area contributed by atoms with E-state index in [9.17, 15) is 14.7 Å². The molecule has 0 spiro atoms. The number of thiophene rings is 1. The zero-order valence-electron chi connectivity index (χ0n) is 14.5. The van der Waals surface area contributed by atoms with Gasteiger partial charge in [-0.2, -0.15) is 0 Å². The minimum atomic E-state index is -0.284. The second-order valence-corrected chi connectivity index (χ2v) is 6.91. The molecule has 7 heteroatoms. The Labute approximate surface area is 155 Å². The Morgan fingerprint density at radius 3 is 2.69 bits per heavy atom. The number of rotatable bonds is 7. The molecule has 26 heavy (non-hydrogen) atoms. The Kier molecular flexibility index (Phi) is 5.70. The smallest absolute Gasteiger partial charge is 0.268 e. The first kappa shape index (κ1) is 18.2. The van der Waals surface area contributed by atoms with Gasteiger partial charge in [0.05, 0.1) is 23.4 Å². The molecule has 2 heterocycles. The number of benzene rings is 1. The van der Waals surface area contributed by atoms with Crippen molar-refractivity contribution in [3.63, 3.8) is 0 Å². The molecule has 3 aromatic rings. The summed E-state index contributed by atoms with van der Waals surface area (Å²) in [5.74, 6) is -0.514. The Morgan fingerprint density at radius 1 is 1.23 bits per heavy atom. The lowest BCUT2D eigenvalue weighted by molar-refractivity contribution is -0.131. The SMILES string of the molecule is Cn1c(C(=O)NCC(=O)N(CCO)Cc2ccccc2)cc2sccc21. The van der Waals surface area contributed by atoms with E-state index in [-0.39, 0.29) is 31.5 Å². The standard InChI is InChI=1S/C19H21N3O3S/c1-21-15-7-10-26-17(15)11-16(21)19(25)20-12-18(24)22(8-9-23)13-14-5-3-2-4-6-14/h2-7,10-11,23H,8-9,12-13H2,1H3,(H,20,25). The highest BCUT2D eigenvalue weighted by molar-refractivity contribution is 7.17. The number of aryl methyl sites for hydroxylation is 1. The van der Waals surface area contributed by atoms with Crippen LogP contribution < -0.4 is 5.32 Å². The number of hydrogen-bond acceptors (Lipinski definition) is 4. The summed E-state index contributed by atoms with van der Waals surface area (Å²) < 4.78 is 2.86. The van der Waals surface area contributed by atoms with Crippen LogP contribution in [0.3, 0.4) is 0 Å². The number of nitrogens with one attached hydrogen (secondary N) is 1. The molecule has 136 valence electrons. The molecule has 2 amide bonds. The molecular weight excluding hydrogens is 350 g/mol. The van der Waals surface area contributed by atoms with Crippen LogP contribution in [0.25, 0.3) is 10.2 Å². The summed E-state index contributed by atoms with van der Waals surface area (Å²) in [5.41, 5.74) is 2.50. The summed E-state index contributed by atoms with van der Waals surface area (Å²) in [7, 11) is 1.83. The first-order valence-electron chi connectivity index (χ1n) is 8.34. The van der Waals surface area contributed by atoms with Crippen LogP contribution in [-0.4, -0.2) is 46.1 Å². The number of carbonyl (C=O) groups excluding carboxylic acids is 2. The second-order valence-electron chi connectivity index (χ2n) is 5.97. The van der Waals surface area contributed by atoms with E-state index in [0.29, 0.717) is 12.2 Å². The lowest BCUT2D eigenvalue weighted by Crippen LogP contribution is -2.41. The third-order valence-corrected chi connectivity index (χ3v) is 5.09. The fourth-order valence-corrected chi connectivity index (χ4v) is 3.69. The van der Waals surface area contributed by atoms with E-state index >= 15 is 0 Å². The van der Waals surface area contributed by atoms with Gasteiger partial charge in [-0.25, -0.2) is 0 Å². The van der Waals surface area contributed by atoms with Gasteiger partial charge in [0.1, 0.15) is 5.69 Å². The van der Waals surface area contributed by atoms with Gasteiger partial charge in [0.25, 0.3) is 5.91 Å². The maximum atomic E-state index is 12.5. The number of aliphatic hydroxyl groups excluding tert-OH is 1. The fourth-order valence-electron chi connectivity index (χ4n) is 2.84. The molecule has 0 radical (unpaired) electrons. The van der Waals surface area contributed by atoms with Crippen LogP contribution >= 0.6 is 11.3 Å². The van der Waals surface area contributed by atoms with E-state index in [0.717, 1.165) is 15.8 Å². The second kappa shape index (κ2) is 8.16. The molecule has 0 atom stereocenters. The highest BCUT2D eigenvalue weighted by Gasteiger charge is 2.18. The Hall–Kier alpha value is -2.64. The Balaban J connectivity index is 1.62. The lowest BCUT2D eigenvalue weighted by atomic mass is 10.2. The van der Waals surface area contributed by atoms with Crippen LogP contribution in [0, 0.1) is 0 Å². The number of aromatic nitrogens is 1. The molecule has 6 nitrogen and oxygen atoms in total. The monoisotopic (exact) mass is 371 g/mol. The molecule has 0 saturated heterocycles. The summed E-state index contributed by atoms with van der Waals surface area (Å²) in [6.45, 7) is 0.393. The van der Waals surface area contributed by atoms with E-state index in [1.54, 1.807) is 16.2 Å². The van der Waals surface area contributed by atoms with Gasteiger partial charge in [-0.05, 0) is 23.1 Å². The largest absolute Gasteiger partial charge is 0.395 e. The van der Waals surface area contributed by atoms with E-state index in [4.69, 9.17) is 0 Å². The van der Waals surface area contributed by atoms with Crippen molar-refractivity contribution in [3.05, 3.63) is 59.1 Å². The average Bonchev–Trinajstić information content (AvgIpc) is 3.23. The number of nitrogens with zero attached hydrogens (tertiary/aromatic N) is 2. The molecule has 2 aromatic heterocycles. The summed E-state index contributed by atoms with van der Waals surface area (Å²) in [6, 6.07) is 13.4. The minimum absolute atomic E-state index is 0.107. The van der Waals surface area contributed by atoms with Crippen molar-refractivity contribution in [1.29, 1.82) is 0 Å². The average molecular weight is 371 g/mol. The summed E-state index contributed by atoms with van der Waals surface area (Å²) in [6.07, 6.45) is 0. The molecule has 0 fully saturated rings. The van der Waals surface area contributed by atoms with E-state index in [1.165, 1.54) is 0 Å². The highest BCUT2D eigenvalue weighted by atomic mass is 32.1. The van der Waals surface area contributed by atoms with Crippen molar-refractivity contribution >= 4 is 33.4 Å². The van der Waals surface area contributed by atoms with Crippen LogP contribution in [0.5, 0.6) is 0 Å². The zero-order chi connectivity index (χ0) is 18.5. The molecule has 0 unspecified atom stereocenters. The number of fused-ring (bicyclic) bond motifs is 1. The molecule has 2 N–H and O–H groups in total. The predicted molar refractivity (Wildman–Crippen MR) is 102 cm³/mol. The molecule has 0 bridgehead atoms. The van der Waals surface area contributed by atoms with Gasteiger partial charge in [0.15, 0.2) is 0 Å². The molecular formula is C19H21N3O3S. The Morgan fingerprint density at radius 2 is 2.00 bits per heavy atom. The molecule has 0 saturated carbocycles. The topological polar surface area (TPSA) is 74.6 Å².